The SMILES string of the molecule is CCN(CC(=O)N(C)C)C(=O)NCC(CC(C)C)C(=O)O. The van der Waals surface area contributed by atoms with Gasteiger partial charge in [-0.2, -0.15) is 0 Å². The molecular weight excluding hydrogens is 274 g/mol. The molecule has 7 heteroatoms. The van der Waals surface area contributed by atoms with Crippen LogP contribution in [0.4, 0.5) is 4.79 Å². The van der Waals surface area contributed by atoms with Crippen LogP contribution in [0, 0.1) is 11.8 Å². The third kappa shape index (κ3) is 7.53. The summed E-state index contributed by atoms with van der Waals surface area (Å²) in [6.45, 7) is 6.08. The normalized spacial score (nSPS) is 11.9. The zero-order chi connectivity index (χ0) is 16.6. The Bertz CT molecular complexity index is 369. The number of nitrogens with one attached hydrogen (secondary N) is 1. The van der Waals surface area contributed by atoms with Gasteiger partial charge in [0.25, 0.3) is 0 Å². The van der Waals surface area contributed by atoms with Crippen LogP contribution in [0.3, 0.4) is 0 Å². The van der Waals surface area contributed by atoms with Crippen LogP contribution in [0.25, 0.3) is 0 Å². The lowest BCUT2D eigenvalue weighted by atomic mass is 9.97. The molecule has 0 fully saturated rings. The number of nitrogens with zero attached hydrogens (tertiary/aromatic N) is 2. The van der Waals surface area contributed by atoms with Gasteiger partial charge in [0.2, 0.25) is 5.91 Å². The summed E-state index contributed by atoms with van der Waals surface area (Å²) in [5, 5.41) is 11.7. The molecule has 0 heterocycles. The van der Waals surface area contributed by atoms with Crippen LogP contribution >= 0.6 is 0 Å². The molecule has 0 spiro atoms. The number of rotatable bonds is 8. The predicted octanol–water partition coefficient (Wildman–Crippen LogP) is 0.853. The van der Waals surface area contributed by atoms with Crippen molar-refractivity contribution in [3.63, 3.8) is 0 Å². The number of carboxylic acids is 1. The first-order valence-electron chi connectivity index (χ1n) is 7.14. The number of carboxylic acid groups (broad SMARTS) is 1. The number of amides is 3. The van der Waals surface area contributed by atoms with E-state index in [4.69, 9.17) is 5.11 Å². The largest absolute Gasteiger partial charge is 0.481 e. The summed E-state index contributed by atoms with van der Waals surface area (Å²) in [6, 6.07) is -0.414. The van der Waals surface area contributed by atoms with Crippen molar-refractivity contribution in [1.29, 1.82) is 0 Å². The van der Waals surface area contributed by atoms with Crippen LogP contribution < -0.4 is 5.32 Å². The first kappa shape index (κ1) is 19.2. The van der Waals surface area contributed by atoms with Crippen LogP contribution in [0.2, 0.25) is 0 Å². The van der Waals surface area contributed by atoms with E-state index in [-0.39, 0.29) is 24.9 Å². The Hall–Kier alpha value is -1.79. The van der Waals surface area contributed by atoms with Gasteiger partial charge < -0.3 is 20.2 Å². The lowest BCUT2D eigenvalue weighted by molar-refractivity contribution is -0.142. The highest BCUT2D eigenvalue weighted by Crippen LogP contribution is 2.11. The monoisotopic (exact) mass is 301 g/mol. The minimum absolute atomic E-state index is 0.0166. The van der Waals surface area contributed by atoms with Gasteiger partial charge >= 0.3 is 12.0 Å². The Balaban J connectivity index is 4.49. The van der Waals surface area contributed by atoms with Crippen molar-refractivity contribution >= 4 is 17.9 Å². The zero-order valence-corrected chi connectivity index (χ0v) is 13.5. The van der Waals surface area contributed by atoms with Gasteiger partial charge in [0.1, 0.15) is 6.54 Å². The van der Waals surface area contributed by atoms with Gasteiger partial charge in [0.05, 0.1) is 5.92 Å². The second-order valence-corrected chi connectivity index (χ2v) is 5.65. The number of hydrogen-bond acceptors (Lipinski definition) is 3. The molecule has 122 valence electrons. The standard InChI is InChI=1S/C14H27N3O4/c1-6-17(9-12(18)16(4)5)14(21)15-8-11(13(19)20)7-10(2)3/h10-11H,6-9H2,1-5H3,(H,15,21)(H,19,20). The highest BCUT2D eigenvalue weighted by Gasteiger charge is 2.22. The molecule has 0 aromatic carbocycles. The van der Waals surface area contributed by atoms with Crippen molar-refractivity contribution in [3.8, 4) is 0 Å². The first-order chi connectivity index (χ1) is 9.68. The maximum atomic E-state index is 12.0. The molecule has 0 aromatic rings. The summed E-state index contributed by atoms with van der Waals surface area (Å²) >= 11 is 0. The number of urea groups is 1. The van der Waals surface area contributed by atoms with Gasteiger partial charge in [0, 0.05) is 27.2 Å². The van der Waals surface area contributed by atoms with Crippen LogP contribution in [0.1, 0.15) is 27.2 Å². The fourth-order valence-corrected chi connectivity index (χ4v) is 1.79. The smallest absolute Gasteiger partial charge is 0.317 e. The van der Waals surface area contributed by atoms with E-state index in [9.17, 15) is 14.4 Å². The lowest BCUT2D eigenvalue weighted by Gasteiger charge is -2.24. The van der Waals surface area contributed by atoms with Gasteiger partial charge in [-0.25, -0.2) is 4.79 Å². The van der Waals surface area contributed by atoms with Gasteiger partial charge in [-0.3, -0.25) is 9.59 Å². The number of carbonyl (C=O) groups is 3. The maximum Gasteiger partial charge on any atom is 0.317 e. The summed E-state index contributed by atoms with van der Waals surface area (Å²) in [5.74, 6) is -1.47. The summed E-state index contributed by atoms with van der Waals surface area (Å²) in [5.41, 5.74) is 0. The van der Waals surface area contributed by atoms with Crippen molar-refractivity contribution in [2.75, 3.05) is 33.7 Å². The lowest BCUT2D eigenvalue weighted by Crippen LogP contribution is -2.46. The Morgan fingerprint density at radius 3 is 2.14 bits per heavy atom. The third-order valence-electron chi connectivity index (χ3n) is 3.10. The minimum atomic E-state index is -0.920. The van der Waals surface area contributed by atoms with E-state index in [0.29, 0.717) is 13.0 Å². The summed E-state index contributed by atoms with van der Waals surface area (Å²) in [6.07, 6.45) is 0.498. The molecule has 0 aliphatic heterocycles. The van der Waals surface area contributed by atoms with E-state index >= 15 is 0 Å². The van der Waals surface area contributed by atoms with Gasteiger partial charge in [-0.15, -0.1) is 0 Å². The summed E-state index contributed by atoms with van der Waals surface area (Å²) in [7, 11) is 3.24. The molecule has 0 saturated carbocycles. The highest BCUT2D eigenvalue weighted by molar-refractivity contribution is 5.84. The molecule has 2 N–H and O–H groups in total. The van der Waals surface area contributed by atoms with Gasteiger partial charge in [-0.1, -0.05) is 13.8 Å². The molecule has 0 radical (unpaired) electrons. The van der Waals surface area contributed by atoms with Crippen LogP contribution in [0.15, 0.2) is 0 Å². The Morgan fingerprint density at radius 2 is 1.76 bits per heavy atom. The average Bonchev–Trinajstić information content (AvgIpc) is 2.39. The fourth-order valence-electron chi connectivity index (χ4n) is 1.79. The molecule has 1 unspecified atom stereocenters. The molecule has 0 rings (SSSR count). The van der Waals surface area contributed by atoms with Crippen molar-refractivity contribution in [3.05, 3.63) is 0 Å². The van der Waals surface area contributed by atoms with Crippen molar-refractivity contribution in [2.45, 2.75) is 27.2 Å². The molecule has 3 amide bonds. The van der Waals surface area contributed by atoms with E-state index in [1.54, 1.807) is 21.0 Å². The molecule has 21 heavy (non-hydrogen) atoms. The van der Waals surface area contributed by atoms with E-state index in [1.807, 2.05) is 13.8 Å². The number of likely N-dealkylation sites (N-methyl/N-ethyl adjacent to an activating group) is 2. The van der Waals surface area contributed by atoms with Crippen molar-refractivity contribution < 1.29 is 19.5 Å². The topological polar surface area (TPSA) is 90.0 Å². The molecule has 7 nitrogen and oxygen atoms in total. The predicted molar refractivity (Wildman–Crippen MR) is 79.9 cm³/mol. The van der Waals surface area contributed by atoms with E-state index < -0.39 is 17.9 Å². The van der Waals surface area contributed by atoms with E-state index in [0.717, 1.165) is 0 Å². The second kappa shape index (κ2) is 9.20. The molecule has 0 aliphatic rings. The van der Waals surface area contributed by atoms with Crippen molar-refractivity contribution in [1.82, 2.24) is 15.1 Å². The maximum absolute atomic E-state index is 12.0. The summed E-state index contributed by atoms with van der Waals surface area (Å²) in [4.78, 5) is 37.5. The zero-order valence-electron chi connectivity index (χ0n) is 13.5. The van der Waals surface area contributed by atoms with Crippen molar-refractivity contribution in [2.24, 2.45) is 11.8 Å². The van der Waals surface area contributed by atoms with E-state index in [1.165, 1.54) is 9.80 Å². The van der Waals surface area contributed by atoms with Crippen LogP contribution in [-0.4, -0.2) is 66.5 Å². The van der Waals surface area contributed by atoms with Crippen LogP contribution in [0.5, 0.6) is 0 Å². The molecule has 0 aromatic heterocycles. The Kier molecular flexibility index (Phi) is 8.42. The molecule has 0 saturated heterocycles. The number of aliphatic carboxylic acids is 1. The molecule has 0 aliphatic carbocycles. The molecular formula is C14H27N3O4. The molecule has 1 atom stereocenters. The molecule has 0 bridgehead atoms. The summed E-state index contributed by atoms with van der Waals surface area (Å²) < 4.78 is 0. The quantitative estimate of drug-likeness (QED) is 0.695. The Labute approximate surface area is 126 Å². The fraction of sp³-hybridized carbons (Fsp3) is 0.786. The van der Waals surface area contributed by atoms with E-state index in [2.05, 4.69) is 5.32 Å². The van der Waals surface area contributed by atoms with Crippen LogP contribution in [-0.2, 0) is 9.59 Å². The van der Waals surface area contributed by atoms with Gasteiger partial charge in [0.15, 0.2) is 0 Å². The third-order valence-corrected chi connectivity index (χ3v) is 3.10. The average molecular weight is 301 g/mol. The number of carbonyl (C=O) groups excluding carboxylic acids is 2. The highest BCUT2D eigenvalue weighted by atomic mass is 16.4. The van der Waals surface area contributed by atoms with Gasteiger partial charge in [-0.05, 0) is 19.3 Å². The second-order valence-electron chi connectivity index (χ2n) is 5.65. The number of hydrogen-bond donors (Lipinski definition) is 2. The minimum Gasteiger partial charge on any atom is -0.481 e. The first-order valence-corrected chi connectivity index (χ1v) is 7.14. The Morgan fingerprint density at radius 1 is 1.19 bits per heavy atom.